The number of halogens is 2. The molecule has 1 atom stereocenters. The van der Waals surface area contributed by atoms with E-state index in [1.54, 1.807) is 20.8 Å². The monoisotopic (exact) mass is 302 g/mol. The van der Waals surface area contributed by atoms with Crippen molar-refractivity contribution in [3.05, 3.63) is 29.3 Å². The molecular weight excluding hydrogens is 282 g/mol. The molecule has 0 aromatic heterocycles. The molecule has 1 amide bonds. The summed E-state index contributed by atoms with van der Waals surface area (Å²) < 4.78 is 37.7. The number of rotatable bonds is 4. The van der Waals surface area contributed by atoms with Gasteiger partial charge in [-0.25, -0.2) is 13.6 Å². The fourth-order valence-corrected chi connectivity index (χ4v) is 1.71. The molecule has 0 aliphatic heterocycles. The number of nitrogens with two attached hydrogens (primary N) is 1. The molecule has 0 radical (unpaired) electrons. The van der Waals surface area contributed by atoms with E-state index in [4.69, 9.17) is 15.2 Å². The highest BCUT2D eigenvalue weighted by molar-refractivity contribution is 5.68. The van der Waals surface area contributed by atoms with E-state index in [0.29, 0.717) is 0 Å². The van der Waals surface area contributed by atoms with Gasteiger partial charge in [0.1, 0.15) is 23.0 Å². The topological polar surface area (TPSA) is 73.6 Å². The molecule has 21 heavy (non-hydrogen) atoms. The first-order valence-corrected chi connectivity index (χ1v) is 6.40. The second kappa shape index (κ2) is 6.71. The van der Waals surface area contributed by atoms with Crippen LogP contribution in [0.1, 0.15) is 32.4 Å². The number of ether oxygens (including phenoxy) is 2. The first-order chi connectivity index (χ1) is 9.67. The molecule has 7 heteroatoms. The van der Waals surface area contributed by atoms with Crippen LogP contribution in [0, 0.1) is 11.6 Å². The van der Waals surface area contributed by atoms with E-state index in [9.17, 15) is 13.6 Å². The van der Waals surface area contributed by atoms with E-state index < -0.39 is 29.4 Å². The van der Waals surface area contributed by atoms with Crippen molar-refractivity contribution < 1.29 is 23.0 Å². The molecule has 1 aromatic rings. The molecule has 5 nitrogen and oxygen atoms in total. The third kappa shape index (κ3) is 4.86. The van der Waals surface area contributed by atoms with Crippen molar-refractivity contribution in [3.8, 4) is 5.75 Å². The molecule has 0 heterocycles. The zero-order valence-corrected chi connectivity index (χ0v) is 12.5. The van der Waals surface area contributed by atoms with Crippen molar-refractivity contribution in [1.82, 2.24) is 5.32 Å². The number of nitrogens with one attached hydrogen (secondary N) is 1. The molecule has 0 bridgehead atoms. The van der Waals surface area contributed by atoms with Gasteiger partial charge in [0.05, 0.1) is 13.2 Å². The van der Waals surface area contributed by atoms with E-state index in [2.05, 4.69) is 5.32 Å². The van der Waals surface area contributed by atoms with Gasteiger partial charge in [0.25, 0.3) is 0 Å². The molecule has 0 saturated carbocycles. The van der Waals surface area contributed by atoms with E-state index in [0.717, 1.165) is 12.1 Å². The number of amides is 1. The molecule has 1 aromatic carbocycles. The van der Waals surface area contributed by atoms with Crippen LogP contribution >= 0.6 is 0 Å². The smallest absolute Gasteiger partial charge is 0.408 e. The highest BCUT2D eigenvalue weighted by atomic mass is 19.1. The van der Waals surface area contributed by atoms with Gasteiger partial charge < -0.3 is 20.5 Å². The number of alkyl carbamates (subject to hydrolysis) is 1. The van der Waals surface area contributed by atoms with Crippen LogP contribution in [0.25, 0.3) is 0 Å². The van der Waals surface area contributed by atoms with E-state index >= 15 is 0 Å². The summed E-state index contributed by atoms with van der Waals surface area (Å²) >= 11 is 0. The van der Waals surface area contributed by atoms with Crippen molar-refractivity contribution in [2.24, 2.45) is 5.73 Å². The molecule has 0 aliphatic rings. The lowest BCUT2D eigenvalue weighted by atomic mass is 10.1. The van der Waals surface area contributed by atoms with Crippen LogP contribution < -0.4 is 15.8 Å². The molecule has 0 fully saturated rings. The maximum absolute atomic E-state index is 14.0. The van der Waals surface area contributed by atoms with Gasteiger partial charge in [0, 0.05) is 24.2 Å². The normalized spacial score (nSPS) is 12.7. The largest absolute Gasteiger partial charge is 0.497 e. The summed E-state index contributed by atoms with van der Waals surface area (Å²) in [4.78, 5) is 11.7. The van der Waals surface area contributed by atoms with Gasteiger partial charge in [0.2, 0.25) is 0 Å². The van der Waals surface area contributed by atoms with E-state index in [-0.39, 0.29) is 17.9 Å². The third-order valence-corrected chi connectivity index (χ3v) is 2.56. The van der Waals surface area contributed by atoms with Crippen LogP contribution in [-0.4, -0.2) is 25.3 Å². The Balaban J connectivity index is 2.98. The van der Waals surface area contributed by atoms with Crippen molar-refractivity contribution in [2.75, 3.05) is 13.7 Å². The van der Waals surface area contributed by atoms with Gasteiger partial charge >= 0.3 is 6.09 Å². The summed E-state index contributed by atoms with van der Waals surface area (Å²) in [5, 5.41) is 2.35. The lowest BCUT2D eigenvalue weighted by Gasteiger charge is -2.23. The Morgan fingerprint density at radius 2 is 1.86 bits per heavy atom. The van der Waals surface area contributed by atoms with Crippen molar-refractivity contribution in [1.29, 1.82) is 0 Å². The van der Waals surface area contributed by atoms with Gasteiger partial charge in [-0.05, 0) is 20.8 Å². The lowest BCUT2D eigenvalue weighted by Crippen LogP contribution is -2.38. The lowest BCUT2D eigenvalue weighted by molar-refractivity contribution is 0.0504. The van der Waals surface area contributed by atoms with Crippen LogP contribution in [0.15, 0.2) is 12.1 Å². The number of methoxy groups -OCH3 is 1. The number of hydrogen-bond donors (Lipinski definition) is 2. The minimum Gasteiger partial charge on any atom is -0.497 e. The summed E-state index contributed by atoms with van der Waals surface area (Å²) in [6, 6.07) is 1.01. The highest BCUT2D eigenvalue weighted by Gasteiger charge is 2.24. The number of hydrogen-bond acceptors (Lipinski definition) is 4. The van der Waals surface area contributed by atoms with E-state index in [1.807, 2.05) is 0 Å². The Morgan fingerprint density at radius 1 is 1.33 bits per heavy atom. The summed E-state index contributed by atoms with van der Waals surface area (Å²) in [5.74, 6) is -1.65. The summed E-state index contributed by atoms with van der Waals surface area (Å²) in [6.07, 6.45) is -0.799. The summed E-state index contributed by atoms with van der Waals surface area (Å²) in [5.41, 5.74) is 4.44. The molecule has 1 rings (SSSR count). The average molecular weight is 302 g/mol. The third-order valence-electron chi connectivity index (χ3n) is 2.56. The first kappa shape index (κ1) is 17.2. The zero-order chi connectivity index (χ0) is 16.2. The number of benzene rings is 1. The Bertz CT molecular complexity index is 492. The van der Waals surface area contributed by atoms with Crippen molar-refractivity contribution >= 4 is 6.09 Å². The Kier molecular flexibility index (Phi) is 5.48. The van der Waals surface area contributed by atoms with Gasteiger partial charge in [-0.15, -0.1) is 0 Å². The molecule has 0 spiro atoms. The predicted octanol–water partition coefficient (Wildman–Crippen LogP) is 2.50. The predicted molar refractivity (Wildman–Crippen MR) is 74.1 cm³/mol. The molecule has 0 saturated heterocycles. The zero-order valence-electron chi connectivity index (χ0n) is 12.5. The van der Waals surface area contributed by atoms with Crippen LogP contribution in [-0.2, 0) is 4.74 Å². The fourth-order valence-electron chi connectivity index (χ4n) is 1.71. The van der Waals surface area contributed by atoms with Crippen LogP contribution in [0.3, 0.4) is 0 Å². The van der Waals surface area contributed by atoms with Gasteiger partial charge in [-0.3, -0.25) is 0 Å². The molecule has 1 unspecified atom stereocenters. The SMILES string of the molecule is COc1cc(F)c(C(CN)NC(=O)OC(C)(C)C)c(F)c1. The van der Waals surface area contributed by atoms with Crippen LogP contribution in [0.4, 0.5) is 13.6 Å². The fraction of sp³-hybridized carbons (Fsp3) is 0.500. The summed E-state index contributed by atoms with van der Waals surface area (Å²) in [6.45, 7) is 4.86. The number of carbonyl (C=O) groups excluding carboxylic acids is 1. The Morgan fingerprint density at radius 3 is 2.24 bits per heavy atom. The minimum absolute atomic E-state index is 0.0433. The minimum atomic E-state index is -1.04. The Labute approximate surface area is 122 Å². The second-order valence-electron chi connectivity index (χ2n) is 5.44. The van der Waals surface area contributed by atoms with Gasteiger partial charge in [-0.2, -0.15) is 0 Å². The number of carbonyl (C=O) groups is 1. The van der Waals surface area contributed by atoms with Gasteiger partial charge in [-0.1, -0.05) is 0 Å². The molecule has 118 valence electrons. The standard InChI is InChI=1S/C14H20F2N2O3/c1-14(2,3)21-13(19)18-11(7-17)12-9(15)5-8(20-4)6-10(12)16/h5-6,11H,7,17H2,1-4H3,(H,18,19). The maximum atomic E-state index is 14.0. The summed E-state index contributed by atoms with van der Waals surface area (Å²) in [7, 11) is 1.30. The first-order valence-electron chi connectivity index (χ1n) is 6.40. The maximum Gasteiger partial charge on any atom is 0.408 e. The quantitative estimate of drug-likeness (QED) is 0.896. The van der Waals surface area contributed by atoms with E-state index in [1.165, 1.54) is 7.11 Å². The Hall–Kier alpha value is -1.89. The average Bonchev–Trinajstić information content (AvgIpc) is 2.34. The van der Waals surface area contributed by atoms with Gasteiger partial charge in [0.15, 0.2) is 0 Å². The second-order valence-corrected chi connectivity index (χ2v) is 5.44. The molecule has 3 N–H and O–H groups in total. The molecular formula is C14H20F2N2O3. The van der Waals surface area contributed by atoms with Crippen LogP contribution in [0.2, 0.25) is 0 Å². The highest BCUT2D eigenvalue weighted by Crippen LogP contribution is 2.25. The van der Waals surface area contributed by atoms with Crippen molar-refractivity contribution in [2.45, 2.75) is 32.4 Å². The molecule has 0 aliphatic carbocycles. The van der Waals surface area contributed by atoms with Crippen LogP contribution in [0.5, 0.6) is 5.75 Å². The van der Waals surface area contributed by atoms with Crippen molar-refractivity contribution in [3.63, 3.8) is 0 Å².